The third-order valence-electron chi connectivity index (χ3n) is 2.80. The first-order valence-electron chi connectivity index (χ1n) is 5.98. The Kier molecular flexibility index (Phi) is 4.33. The number of aliphatic hydroxyl groups is 1. The van der Waals surface area contributed by atoms with Gasteiger partial charge >= 0.3 is 0 Å². The number of aliphatic hydroxyl groups excluding tert-OH is 1. The van der Waals surface area contributed by atoms with Gasteiger partial charge in [-0.25, -0.2) is 0 Å². The highest BCUT2D eigenvalue weighted by Gasteiger charge is 2.35. The Bertz CT molecular complexity index is 243. The third-order valence-corrected chi connectivity index (χ3v) is 2.80. The van der Waals surface area contributed by atoms with Crippen LogP contribution in [0.3, 0.4) is 0 Å². The summed E-state index contributed by atoms with van der Waals surface area (Å²) in [5.41, 5.74) is -0.767. The number of nitrogens with zero attached hydrogens (tertiary/aromatic N) is 1. The molecule has 1 aliphatic rings. The fourth-order valence-corrected chi connectivity index (χ4v) is 2.09. The minimum Gasteiger partial charge on any atom is -0.393 e. The lowest BCUT2D eigenvalue weighted by molar-refractivity contribution is -0.160. The molecule has 1 aliphatic heterocycles. The number of likely N-dealkylation sites (tertiary alicyclic amines) is 1. The van der Waals surface area contributed by atoms with E-state index < -0.39 is 5.60 Å². The molecule has 0 radical (unpaired) electrons. The quantitative estimate of drug-likeness (QED) is 0.790. The van der Waals surface area contributed by atoms with Gasteiger partial charge in [-0.2, -0.15) is 0 Å². The monoisotopic (exact) mass is 229 g/mol. The molecule has 4 nitrogen and oxygen atoms in total. The molecule has 16 heavy (non-hydrogen) atoms. The first-order valence-corrected chi connectivity index (χ1v) is 5.98. The van der Waals surface area contributed by atoms with E-state index in [1.807, 2.05) is 13.8 Å². The second-order valence-corrected chi connectivity index (χ2v) is 5.20. The predicted octanol–water partition coefficient (Wildman–Crippen LogP) is 1.17. The van der Waals surface area contributed by atoms with Crippen molar-refractivity contribution in [3.63, 3.8) is 0 Å². The van der Waals surface area contributed by atoms with Gasteiger partial charge in [0, 0.05) is 13.1 Å². The summed E-state index contributed by atoms with van der Waals surface area (Å²) in [6.07, 6.45) is 1.13. The fraction of sp³-hybridized carbons (Fsp3) is 0.917. The summed E-state index contributed by atoms with van der Waals surface area (Å²) in [4.78, 5) is 14.0. The zero-order valence-electron chi connectivity index (χ0n) is 10.7. The van der Waals surface area contributed by atoms with Gasteiger partial charge in [-0.1, -0.05) is 0 Å². The highest BCUT2D eigenvalue weighted by Crippen LogP contribution is 2.19. The highest BCUT2D eigenvalue weighted by atomic mass is 16.5. The molecule has 0 unspecified atom stereocenters. The minimum absolute atomic E-state index is 0.0214. The van der Waals surface area contributed by atoms with Crippen molar-refractivity contribution >= 4 is 5.91 Å². The maximum Gasteiger partial charge on any atom is 0.254 e. The molecule has 0 spiro atoms. The summed E-state index contributed by atoms with van der Waals surface area (Å²) in [6.45, 7) is 8.72. The standard InChI is InChI=1S/C12H23NO3/c1-9(2)16-12(3,4)11(15)13-7-5-10(14)6-8-13/h9-10,14H,5-8H2,1-4H3. The van der Waals surface area contributed by atoms with Crippen molar-refractivity contribution in [1.82, 2.24) is 4.90 Å². The van der Waals surface area contributed by atoms with Crippen molar-refractivity contribution in [1.29, 1.82) is 0 Å². The second kappa shape index (κ2) is 5.15. The molecule has 0 atom stereocenters. The Labute approximate surface area is 97.6 Å². The molecule has 0 aromatic heterocycles. The Morgan fingerprint density at radius 1 is 1.38 bits per heavy atom. The topological polar surface area (TPSA) is 49.8 Å². The highest BCUT2D eigenvalue weighted by molar-refractivity contribution is 5.84. The van der Waals surface area contributed by atoms with Gasteiger partial charge in [0.1, 0.15) is 5.60 Å². The molecule has 0 aliphatic carbocycles. The van der Waals surface area contributed by atoms with E-state index in [-0.39, 0.29) is 18.1 Å². The minimum atomic E-state index is -0.767. The van der Waals surface area contributed by atoms with Gasteiger partial charge in [-0.3, -0.25) is 4.79 Å². The van der Waals surface area contributed by atoms with Gasteiger partial charge < -0.3 is 14.7 Å². The Hall–Kier alpha value is -0.610. The van der Waals surface area contributed by atoms with Crippen LogP contribution in [0.5, 0.6) is 0 Å². The smallest absolute Gasteiger partial charge is 0.254 e. The van der Waals surface area contributed by atoms with Gasteiger partial charge in [0.25, 0.3) is 5.91 Å². The van der Waals surface area contributed by atoms with Gasteiger partial charge in [0.05, 0.1) is 12.2 Å². The van der Waals surface area contributed by atoms with Crippen molar-refractivity contribution in [3.05, 3.63) is 0 Å². The molecule has 1 amide bonds. The largest absolute Gasteiger partial charge is 0.393 e. The number of amides is 1. The van der Waals surface area contributed by atoms with E-state index in [4.69, 9.17) is 4.74 Å². The number of piperidine rings is 1. The molecular formula is C12H23NO3. The molecule has 1 saturated heterocycles. The average molecular weight is 229 g/mol. The van der Waals surface area contributed by atoms with E-state index in [1.54, 1.807) is 18.7 Å². The van der Waals surface area contributed by atoms with Gasteiger partial charge in [-0.05, 0) is 40.5 Å². The summed E-state index contributed by atoms with van der Waals surface area (Å²) in [7, 11) is 0. The average Bonchev–Trinajstić information content (AvgIpc) is 2.16. The van der Waals surface area contributed by atoms with Crippen LogP contribution >= 0.6 is 0 Å². The van der Waals surface area contributed by atoms with Crippen molar-refractivity contribution in [2.24, 2.45) is 0 Å². The first-order chi connectivity index (χ1) is 7.33. The summed E-state index contributed by atoms with van der Waals surface area (Å²) in [5.74, 6) is 0.0214. The van der Waals surface area contributed by atoms with E-state index >= 15 is 0 Å². The van der Waals surface area contributed by atoms with Crippen LogP contribution in [0, 0.1) is 0 Å². The van der Waals surface area contributed by atoms with Gasteiger partial charge in [0.15, 0.2) is 0 Å². The maximum absolute atomic E-state index is 12.2. The van der Waals surface area contributed by atoms with Crippen LogP contribution in [0.1, 0.15) is 40.5 Å². The Morgan fingerprint density at radius 2 is 1.88 bits per heavy atom. The lowest BCUT2D eigenvalue weighted by atomic mass is 10.0. The number of rotatable bonds is 3. The SMILES string of the molecule is CC(C)OC(C)(C)C(=O)N1CCC(O)CC1. The number of carbonyl (C=O) groups excluding carboxylic acids is 1. The van der Waals surface area contributed by atoms with Crippen LogP contribution in [0.2, 0.25) is 0 Å². The van der Waals surface area contributed by atoms with Crippen molar-refractivity contribution < 1.29 is 14.6 Å². The lowest BCUT2D eigenvalue weighted by Gasteiger charge is -2.36. The molecule has 1 fully saturated rings. The van der Waals surface area contributed by atoms with E-state index in [0.717, 1.165) is 0 Å². The van der Waals surface area contributed by atoms with Crippen LogP contribution in [0.15, 0.2) is 0 Å². The predicted molar refractivity (Wildman–Crippen MR) is 62.1 cm³/mol. The summed E-state index contributed by atoms with van der Waals surface area (Å²) < 4.78 is 5.63. The van der Waals surface area contributed by atoms with E-state index in [1.165, 1.54) is 0 Å². The third kappa shape index (κ3) is 3.46. The van der Waals surface area contributed by atoms with E-state index in [9.17, 15) is 9.90 Å². The lowest BCUT2D eigenvalue weighted by Crippen LogP contribution is -2.51. The zero-order chi connectivity index (χ0) is 12.3. The zero-order valence-corrected chi connectivity index (χ0v) is 10.7. The first kappa shape index (κ1) is 13.5. The number of hydrogen-bond acceptors (Lipinski definition) is 3. The van der Waals surface area contributed by atoms with Gasteiger partial charge in [-0.15, -0.1) is 0 Å². The second-order valence-electron chi connectivity index (χ2n) is 5.20. The molecule has 0 bridgehead atoms. The molecule has 94 valence electrons. The summed E-state index contributed by atoms with van der Waals surface area (Å²) >= 11 is 0. The van der Waals surface area contributed by atoms with Crippen LogP contribution in [0.4, 0.5) is 0 Å². The number of ether oxygens (including phenoxy) is 1. The molecule has 0 aromatic rings. The van der Waals surface area contributed by atoms with E-state index in [2.05, 4.69) is 0 Å². The molecule has 0 aromatic carbocycles. The van der Waals surface area contributed by atoms with Crippen LogP contribution < -0.4 is 0 Å². The molecule has 1 heterocycles. The number of carbonyl (C=O) groups is 1. The van der Waals surface area contributed by atoms with Crippen molar-refractivity contribution in [3.8, 4) is 0 Å². The summed E-state index contributed by atoms with van der Waals surface area (Å²) in [5, 5.41) is 9.39. The fourth-order valence-electron chi connectivity index (χ4n) is 2.09. The van der Waals surface area contributed by atoms with Crippen LogP contribution in [-0.4, -0.2) is 46.8 Å². The molecule has 0 saturated carbocycles. The summed E-state index contributed by atoms with van der Waals surface area (Å²) in [6, 6.07) is 0. The maximum atomic E-state index is 12.2. The normalized spacial score (nSPS) is 19.2. The van der Waals surface area contributed by atoms with Crippen LogP contribution in [0.25, 0.3) is 0 Å². The Morgan fingerprint density at radius 3 is 2.31 bits per heavy atom. The molecule has 4 heteroatoms. The molecular weight excluding hydrogens is 206 g/mol. The van der Waals surface area contributed by atoms with Crippen molar-refractivity contribution in [2.75, 3.05) is 13.1 Å². The van der Waals surface area contributed by atoms with Crippen LogP contribution in [-0.2, 0) is 9.53 Å². The van der Waals surface area contributed by atoms with E-state index in [0.29, 0.717) is 25.9 Å². The van der Waals surface area contributed by atoms with Gasteiger partial charge in [0.2, 0.25) is 0 Å². The Balaban J connectivity index is 2.56. The van der Waals surface area contributed by atoms with Crippen molar-refractivity contribution in [2.45, 2.75) is 58.3 Å². The number of hydrogen-bond donors (Lipinski definition) is 1. The molecule has 1 N–H and O–H groups in total. The molecule has 1 rings (SSSR count).